The zero-order valence-corrected chi connectivity index (χ0v) is 14.2. The highest BCUT2D eigenvalue weighted by Gasteiger charge is 2.29. The quantitative estimate of drug-likeness (QED) is 0.430. The minimum Gasteiger partial charge on any atom is -0.507 e. The van der Waals surface area contributed by atoms with E-state index in [1.54, 1.807) is 42.5 Å². The van der Waals surface area contributed by atoms with Crippen LogP contribution < -0.4 is 0 Å². The van der Waals surface area contributed by atoms with Crippen LogP contribution in [0.1, 0.15) is 43.0 Å². The van der Waals surface area contributed by atoms with Gasteiger partial charge < -0.3 is 5.11 Å². The number of carbonyl (C=O) groups is 2. The number of phenols is 1. The lowest BCUT2D eigenvalue weighted by Gasteiger charge is -2.22. The van der Waals surface area contributed by atoms with Gasteiger partial charge in [0.2, 0.25) is 0 Å². The Balaban J connectivity index is 1.93. The number of hydrogen-bond acceptors (Lipinski definition) is 3. The fraction of sp³-hybridized carbons (Fsp3) is 0.0435. The third-order valence-electron chi connectivity index (χ3n) is 4.63. The second-order valence-corrected chi connectivity index (χ2v) is 6.36. The number of hydrogen-bond donors (Lipinski definition) is 1. The van der Waals surface area contributed by atoms with E-state index in [1.807, 2.05) is 31.2 Å². The van der Waals surface area contributed by atoms with Crippen LogP contribution in [0.2, 0.25) is 0 Å². The zero-order chi connectivity index (χ0) is 18.3. The Morgan fingerprint density at radius 1 is 0.846 bits per heavy atom. The van der Waals surface area contributed by atoms with Crippen molar-refractivity contribution in [3.8, 4) is 5.75 Å². The lowest BCUT2D eigenvalue weighted by atomic mass is 9.80. The molecule has 0 aliphatic heterocycles. The summed E-state index contributed by atoms with van der Waals surface area (Å²) in [5.41, 5.74) is 4.33. The first kappa shape index (κ1) is 16.0. The second kappa shape index (κ2) is 6.12. The van der Waals surface area contributed by atoms with Gasteiger partial charge in [-0.05, 0) is 35.8 Å². The summed E-state index contributed by atoms with van der Waals surface area (Å²) >= 11 is 0. The van der Waals surface area contributed by atoms with Crippen molar-refractivity contribution < 1.29 is 14.7 Å². The minimum atomic E-state index is -0.228. The number of allylic oxidation sites excluding steroid dienone is 1. The molecule has 1 aliphatic rings. The van der Waals surface area contributed by atoms with E-state index >= 15 is 0 Å². The van der Waals surface area contributed by atoms with Crippen molar-refractivity contribution in [2.45, 2.75) is 6.92 Å². The van der Waals surface area contributed by atoms with Gasteiger partial charge in [-0.3, -0.25) is 9.59 Å². The normalized spacial score (nSPS) is 14.0. The number of carbonyl (C=O) groups excluding carboxylic acids is 2. The lowest BCUT2D eigenvalue weighted by molar-refractivity contribution is 0.102. The number of benzene rings is 3. The van der Waals surface area contributed by atoms with Gasteiger partial charge in [-0.1, -0.05) is 66.2 Å². The van der Waals surface area contributed by atoms with Gasteiger partial charge in [0, 0.05) is 11.1 Å². The van der Waals surface area contributed by atoms with Crippen LogP contribution in [-0.2, 0) is 0 Å². The molecule has 0 bridgehead atoms. The summed E-state index contributed by atoms with van der Waals surface area (Å²) in [6, 6.07) is 19.5. The molecule has 0 fully saturated rings. The van der Waals surface area contributed by atoms with Gasteiger partial charge in [0.05, 0.1) is 5.56 Å². The van der Waals surface area contributed by atoms with Crippen LogP contribution in [0.3, 0.4) is 0 Å². The highest BCUT2D eigenvalue weighted by molar-refractivity contribution is 6.22. The third-order valence-corrected chi connectivity index (χ3v) is 4.63. The molecule has 0 heterocycles. The van der Waals surface area contributed by atoms with Crippen molar-refractivity contribution in [3.05, 3.63) is 106 Å². The van der Waals surface area contributed by atoms with E-state index in [0.29, 0.717) is 27.8 Å². The third kappa shape index (κ3) is 2.54. The number of phenolic OH excluding ortho intramolecular Hbond substituents is 1. The van der Waals surface area contributed by atoms with Crippen molar-refractivity contribution in [2.24, 2.45) is 0 Å². The van der Waals surface area contributed by atoms with Crippen LogP contribution in [0.5, 0.6) is 5.75 Å². The summed E-state index contributed by atoms with van der Waals surface area (Å²) in [6.45, 7) is 1.97. The van der Waals surface area contributed by atoms with Gasteiger partial charge in [0.15, 0.2) is 11.6 Å². The largest absolute Gasteiger partial charge is 0.507 e. The maximum absolute atomic E-state index is 12.8. The van der Waals surface area contributed by atoms with Gasteiger partial charge in [-0.25, -0.2) is 0 Å². The van der Waals surface area contributed by atoms with E-state index in [0.717, 1.165) is 5.56 Å². The second-order valence-electron chi connectivity index (χ2n) is 6.36. The SMILES string of the molecule is Cc1ccc(C(=O)C=C2c3ccccc3C(=O)c3c(O)cccc32)cc1. The first-order chi connectivity index (χ1) is 12.6. The van der Waals surface area contributed by atoms with Gasteiger partial charge in [0.1, 0.15) is 5.75 Å². The van der Waals surface area contributed by atoms with E-state index in [1.165, 1.54) is 6.07 Å². The molecule has 3 nitrogen and oxygen atoms in total. The number of rotatable bonds is 2. The molecule has 0 unspecified atom stereocenters. The fourth-order valence-corrected chi connectivity index (χ4v) is 3.29. The maximum Gasteiger partial charge on any atom is 0.197 e. The zero-order valence-electron chi connectivity index (χ0n) is 14.2. The van der Waals surface area contributed by atoms with Crippen molar-refractivity contribution >= 4 is 17.1 Å². The Labute approximate surface area is 151 Å². The molecule has 1 N–H and O–H groups in total. The predicted octanol–water partition coefficient (Wildman–Crippen LogP) is 4.56. The summed E-state index contributed by atoms with van der Waals surface area (Å²) in [5, 5.41) is 10.2. The minimum absolute atomic E-state index is 0.0734. The molecule has 3 aromatic carbocycles. The number of ketones is 2. The van der Waals surface area contributed by atoms with Crippen molar-refractivity contribution in [1.82, 2.24) is 0 Å². The molecule has 0 amide bonds. The fourth-order valence-electron chi connectivity index (χ4n) is 3.29. The molecular weight excluding hydrogens is 324 g/mol. The molecule has 126 valence electrons. The molecule has 0 spiro atoms. The standard InChI is InChI=1S/C23H16O3/c1-14-9-11-15(12-10-14)21(25)13-19-16-5-2-3-6-18(16)23(26)22-17(19)7-4-8-20(22)24/h2-13,24H,1H3. The van der Waals surface area contributed by atoms with Crippen LogP contribution in [0.4, 0.5) is 0 Å². The molecular formula is C23H16O3. The summed E-state index contributed by atoms with van der Waals surface area (Å²) in [5.74, 6) is -0.442. The van der Waals surface area contributed by atoms with E-state index in [-0.39, 0.29) is 22.9 Å². The monoisotopic (exact) mass is 340 g/mol. The van der Waals surface area contributed by atoms with Gasteiger partial charge in [-0.15, -0.1) is 0 Å². The maximum atomic E-state index is 12.8. The smallest absolute Gasteiger partial charge is 0.197 e. The van der Waals surface area contributed by atoms with Crippen LogP contribution in [0.25, 0.3) is 5.57 Å². The predicted molar refractivity (Wildman–Crippen MR) is 101 cm³/mol. The molecule has 1 aliphatic carbocycles. The summed E-state index contributed by atoms with van der Waals surface area (Å²) < 4.78 is 0. The van der Waals surface area contributed by atoms with Crippen LogP contribution in [0.15, 0.2) is 72.8 Å². The molecule has 0 aromatic heterocycles. The summed E-state index contributed by atoms with van der Waals surface area (Å²) in [7, 11) is 0. The molecule has 4 rings (SSSR count). The Kier molecular flexibility index (Phi) is 3.77. The molecule has 0 saturated heterocycles. The molecule has 26 heavy (non-hydrogen) atoms. The Morgan fingerprint density at radius 3 is 2.23 bits per heavy atom. The molecule has 3 aromatic rings. The van der Waals surface area contributed by atoms with Crippen molar-refractivity contribution in [3.63, 3.8) is 0 Å². The van der Waals surface area contributed by atoms with Crippen LogP contribution in [-0.4, -0.2) is 16.7 Å². The first-order valence-electron chi connectivity index (χ1n) is 8.35. The van der Waals surface area contributed by atoms with Gasteiger partial charge >= 0.3 is 0 Å². The lowest BCUT2D eigenvalue weighted by Crippen LogP contribution is -2.15. The molecule has 0 radical (unpaired) electrons. The molecule has 0 saturated carbocycles. The Morgan fingerprint density at radius 2 is 1.50 bits per heavy atom. The highest BCUT2D eigenvalue weighted by Crippen LogP contribution is 2.39. The summed E-state index contributed by atoms with van der Waals surface area (Å²) in [4.78, 5) is 25.6. The van der Waals surface area contributed by atoms with E-state index in [2.05, 4.69) is 0 Å². The van der Waals surface area contributed by atoms with Crippen LogP contribution in [0, 0.1) is 6.92 Å². The summed E-state index contributed by atoms with van der Waals surface area (Å²) in [6.07, 6.45) is 1.55. The number of fused-ring (bicyclic) bond motifs is 2. The molecule has 3 heteroatoms. The Hall–Kier alpha value is -3.46. The van der Waals surface area contributed by atoms with E-state index in [4.69, 9.17) is 0 Å². The van der Waals surface area contributed by atoms with Gasteiger partial charge in [0.25, 0.3) is 0 Å². The van der Waals surface area contributed by atoms with Crippen molar-refractivity contribution in [2.75, 3.05) is 0 Å². The van der Waals surface area contributed by atoms with Crippen LogP contribution >= 0.6 is 0 Å². The number of aryl methyl sites for hydroxylation is 1. The average molecular weight is 340 g/mol. The first-order valence-corrected chi connectivity index (χ1v) is 8.35. The average Bonchev–Trinajstić information content (AvgIpc) is 2.65. The highest BCUT2D eigenvalue weighted by atomic mass is 16.3. The Bertz CT molecular complexity index is 1070. The van der Waals surface area contributed by atoms with E-state index < -0.39 is 0 Å². The van der Waals surface area contributed by atoms with E-state index in [9.17, 15) is 14.7 Å². The number of aromatic hydroxyl groups is 1. The van der Waals surface area contributed by atoms with Gasteiger partial charge in [-0.2, -0.15) is 0 Å². The topological polar surface area (TPSA) is 54.4 Å². The van der Waals surface area contributed by atoms with Crippen molar-refractivity contribution in [1.29, 1.82) is 0 Å². The molecule has 0 atom stereocenters.